The zero-order chi connectivity index (χ0) is 35.9. The first-order valence-corrected chi connectivity index (χ1v) is 21.5. The number of hydrogen-bond acceptors (Lipinski definition) is 2. The van der Waals surface area contributed by atoms with Gasteiger partial charge in [0, 0.05) is 17.9 Å². The number of unbranched alkanes of at least 4 members (excludes halogenated alkanes) is 27. The molecule has 0 bridgehead atoms. The molecule has 0 aliphatic heterocycles. The van der Waals surface area contributed by atoms with Gasteiger partial charge in [0.25, 0.3) is 0 Å². The van der Waals surface area contributed by atoms with Crippen LogP contribution in [0.3, 0.4) is 0 Å². The maximum Gasteiger partial charge on any atom is 0.0143 e. The molecule has 0 amide bonds. The number of nitrogens with two attached hydrogens (primary N) is 1. The van der Waals surface area contributed by atoms with Gasteiger partial charge in [0.1, 0.15) is 0 Å². The second-order valence-electron chi connectivity index (χ2n) is 13.3. The van der Waals surface area contributed by atoms with Crippen LogP contribution in [0.2, 0.25) is 0 Å². The van der Waals surface area contributed by atoms with Crippen LogP contribution in [-0.2, 0) is 0 Å². The van der Waals surface area contributed by atoms with Crippen LogP contribution in [0.15, 0.2) is 37.2 Å². The van der Waals surface area contributed by atoms with Gasteiger partial charge >= 0.3 is 0 Å². The minimum atomic E-state index is 0.845. The largest absolute Gasteiger partial charge is 0.403 e. The zero-order valence-electron chi connectivity index (χ0n) is 34.1. The molecule has 0 aromatic rings. The molecule has 0 radical (unpaired) electrons. The van der Waals surface area contributed by atoms with Gasteiger partial charge in [0.2, 0.25) is 0 Å². The Kier molecular flexibility index (Phi) is 60.8. The molecule has 2 heteroatoms. The monoisotopic (exact) mass is 663 g/mol. The Hall–Kier alpha value is -1.18. The lowest BCUT2D eigenvalue weighted by molar-refractivity contribution is 0.537. The van der Waals surface area contributed by atoms with E-state index in [1.165, 1.54) is 192 Å². The third-order valence-electron chi connectivity index (χ3n) is 8.64. The molecule has 0 aromatic heterocycles. The molecule has 0 saturated heterocycles. The topological polar surface area (TPSA) is 38.0 Å². The van der Waals surface area contributed by atoms with Gasteiger partial charge in [-0.3, -0.25) is 0 Å². The number of nitrogens with one attached hydrogen (secondary N) is 1. The van der Waals surface area contributed by atoms with Crippen LogP contribution in [0.1, 0.15) is 247 Å². The van der Waals surface area contributed by atoms with Gasteiger partial charge in [0.05, 0.1) is 0 Å². The van der Waals surface area contributed by atoms with Gasteiger partial charge in [-0.1, -0.05) is 221 Å². The van der Waals surface area contributed by atoms with Crippen molar-refractivity contribution in [3.05, 3.63) is 37.2 Å². The summed E-state index contributed by atoms with van der Waals surface area (Å²) in [5.74, 6) is 0. The molecule has 0 aliphatic rings. The van der Waals surface area contributed by atoms with Gasteiger partial charge < -0.3 is 11.1 Å². The fraction of sp³-hybridized carbons (Fsp3) is 0.867. The fourth-order valence-electron chi connectivity index (χ4n) is 5.67. The van der Waals surface area contributed by atoms with E-state index in [2.05, 4.69) is 38.9 Å². The Bertz CT molecular complexity index is 552. The van der Waals surface area contributed by atoms with E-state index in [1.54, 1.807) is 0 Å². The minimum absolute atomic E-state index is 0.845. The molecule has 0 aromatic carbocycles. The molecule has 2 nitrogen and oxygen atoms in total. The second-order valence-corrected chi connectivity index (χ2v) is 13.3. The average Bonchev–Trinajstić information content (AvgIpc) is 3.09. The summed E-state index contributed by atoms with van der Waals surface area (Å²) in [5, 5.41) is 3.48. The van der Waals surface area contributed by atoms with E-state index in [0.717, 1.165) is 31.5 Å². The molecular weight excluding hydrogens is 569 g/mol. The Labute approximate surface area is 301 Å². The summed E-state index contributed by atoms with van der Waals surface area (Å²) < 4.78 is 0. The van der Waals surface area contributed by atoms with Crippen LogP contribution in [0, 0.1) is 0 Å². The van der Waals surface area contributed by atoms with E-state index in [1.807, 2.05) is 33.8 Å². The highest BCUT2D eigenvalue weighted by Crippen LogP contribution is 2.15. The van der Waals surface area contributed by atoms with Crippen molar-refractivity contribution in [2.45, 2.75) is 247 Å². The molecule has 284 valence electrons. The first-order valence-electron chi connectivity index (χ1n) is 21.5. The third kappa shape index (κ3) is 60.6. The van der Waals surface area contributed by atoms with Crippen molar-refractivity contribution >= 4 is 0 Å². The Balaban J connectivity index is -0.000000370. The van der Waals surface area contributed by atoms with Gasteiger partial charge in [-0.25, -0.2) is 0 Å². The molecular formula is C45H94N2. The lowest BCUT2D eigenvalue weighted by Crippen LogP contribution is -2.13. The van der Waals surface area contributed by atoms with Crippen LogP contribution in [-0.4, -0.2) is 6.54 Å². The van der Waals surface area contributed by atoms with Crippen LogP contribution in [0.4, 0.5) is 0 Å². The summed E-state index contributed by atoms with van der Waals surface area (Å²) in [7, 11) is 0. The molecule has 0 fully saturated rings. The van der Waals surface area contributed by atoms with Gasteiger partial charge in [-0.05, 0) is 44.9 Å². The first kappa shape index (κ1) is 52.6. The molecule has 0 rings (SSSR count). The second kappa shape index (κ2) is 54.3. The van der Waals surface area contributed by atoms with E-state index in [4.69, 9.17) is 5.73 Å². The van der Waals surface area contributed by atoms with Crippen LogP contribution in [0.5, 0.6) is 0 Å². The van der Waals surface area contributed by atoms with E-state index in [9.17, 15) is 0 Å². The minimum Gasteiger partial charge on any atom is -0.403 e. The normalized spacial score (nSPS) is 10.1. The lowest BCUT2D eigenvalue weighted by atomic mass is 10.0. The van der Waals surface area contributed by atoms with Crippen LogP contribution in [0.25, 0.3) is 0 Å². The van der Waals surface area contributed by atoms with E-state index < -0.39 is 0 Å². The van der Waals surface area contributed by atoms with E-state index >= 15 is 0 Å². The Morgan fingerprint density at radius 2 is 0.745 bits per heavy atom. The van der Waals surface area contributed by atoms with Crippen LogP contribution >= 0.6 is 0 Å². The molecule has 47 heavy (non-hydrogen) atoms. The summed E-state index contributed by atoms with van der Waals surface area (Å²) in [6, 6.07) is 0. The van der Waals surface area contributed by atoms with Crippen molar-refractivity contribution < 1.29 is 0 Å². The molecule has 0 heterocycles. The summed E-state index contributed by atoms with van der Waals surface area (Å²) in [4.78, 5) is 0. The average molecular weight is 663 g/mol. The van der Waals surface area contributed by atoms with Crippen molar-refractivity contribution in [1.29, 1.82) is 0 Å². The SMILES string of the molecule is C=C(N)CCCCCCCCCCCCCCC.C=CCCCCCNC(=C)CCCCCCCCCCCCCCC.CC.CC. The standard InChI is InChI=1S/C24H47N.C17H35N.2C2H6/c1-4-6-8-10-11-12-13-14-15-16-17-18-20-22-24(3)25-23-21-19-9-7-5-2;1-3-4-5-6-7-8-9-10-11-12-13-14-15-16-17(2)18;2*1-2/h5,25H,2-4,6-23H2,1H3;2-16,18H2,1H3;2*1-2H3. The number of hydrogen-bond donors (Lipinski definition) is 2. The van der Waals surface area contributed by atoms with Crippen LogP contribution < -0.4 is 11.1 Å². The van der Waals surface area contributed by atoms with Crippen molar-refractivity contribution in [2.75, 3.05) is 6.54 Å². The maximum absolute atomic E-state index is 5.54. The van der Waals surface area contributed by atoms with E-state index in [-0.39, 0.29) is 0 Å². The summed E-state index contributed by atoms with van der Waals surface area (Å²) in [6.07, 6.45) is 45.9. The smallest absolute Gasteiger partial charge is 0.0143 e. The van der Waals surface area contributed by atoms with Crippen molar-refractivity contribution in [3.63, 3.8) is 0 Å². The summed E-state index contributed by atoms with van der Waals surface area (Å²) in [6.45, 7) is 25.3. The fourth-order valence-corrected chi connectivity index (χ4v) is 5.67. The molecule has 0 spiro atoms. The highest BCUT2D eigenvalue weighted by molar-refractivity contribution is 4.90. The lowest BCUT2D eigenvalue weighted by Gasteiger charge is -2.09. The Morgan fingerprint density at radius 3 is 1.06 bits per heavy atom. The maximum atomic E-state index is 5.54. The molecule has 0 atom stereocenters. The van der Waals surface area contributed by atoms with Gasteiger partial charge in [-0.15, -0.1) is 6.58 Å². The number of rotatable bonds is 35. The van der Waals surface area contributed by atoms with E-state index in [0.29, 0.717) is 0 Å². The predicted octanol–water partition coefficient (Wildman–Crippen LogP) is 16.3. The van der Waals surface area contributed by atoms with Gasteiger partial charge in [-0.2, -0.15) is 0 Å². The number of allylic oxidation sites excluding steroid dienone is 3. The molecule has 0 unspecified atom stereocenters. The van der Waals surface area contributed by atoms with Crippen molar-refractivity contribution in [2.24, 2.45) is 5.73 Å². The molecule has 0 aliphatic carbocycles. The van der Waals surface area contributed by atoms with Crippen molar-refractivity contribution in [3.8, 4) is 0 Å². The highest BCUT2D eigenvalue weighted by Gasteiger charge is 1.97. The zero-order valence-corrected chi connectivity index (χ0v) is 34.1. The Morgan fingerprint density at radius 1 is 0.447 bits per heavy atom. The van der Waals surface area contributed by atoms with Gasteiger partial charge in [0.15, 0.2) is 0 Å². The van der Waals surface area contributed by atoms with Crippen molar-refractivity contribution in [1.82, 2.24) is 5.32 Å². The third-order valence-corrected chi connectivity index (χ3v) is 8.64. The quantitative estimate of drug-likeness (QED) is 0.0523. The highest BCUT2D eigenvalue weighted by atomic mass is 14.9. The summed E-state index contributed by atoms with van der Waals surface area (Å²) in [5.41, 5.74) is 7.63. The predicted molar refractivity (Wildman–Crippen MR) is 222 cm³/mol. The summed E-state index contributed by atoms with van der Waals surface area (Å²) >= 11 is 0. The first-order chi connectivity index (χ1) is 23.1. The molecule has 0 saturated carbocycles. The molecule has 3 N–H and O–H groups in total.